The van der Waals surface area contributed by atoms with Crippen molar-refractivity contribution in [2.75, 3.05) is 33.9 Å². The first kappa shape index (κ1) is 22.6. The number of ether oxygens (including phenoxy) is 2. The van der Waals surface area contributed by atoms with Crippen LogP contribution in [0.15, 0.2) is 45.1 Å². The Kier molecular flexibility index (Phi) is 6.92. The maximum Gasteiger partial charge on any atom is 0.323 e. The zero-order valence-electron chi connectivity index (χ0n) is 18.0. The van der Waals surface area contributed by atoms with Gasteiger partial charge in [0.25, 0.3) is 4.36 Å². The van der Waals surface area contributed by atoms with Gasteiger partial charge in [-0.2, -0.15) is 4.39 Å². The van der Waals surface area contributed by atoms with Gasteiger partial charge in [-0.25, -0.2) is 0 Å². The van der Waals surface area contributed by atoms with Gasteiger partial charge >= 0.3 is 5.88 Å². The topological polar surface area (TPSA) is 79.1 Å². The summed E-state index contributed by atoms with van der Waals surface area (Å²) in [5.41, 5.74) is 5.30. The standard InChI is InChI=1S/C22H30FIN5O2/c1-29(2)20(31-22(23)24)9-17(28-29)4-3-14-7-16-8-18(16)21(19(10-25)26-11-14)27-12-15-5-6-30-13-15/h9-11,15-16,22,25,27H,3-8,12-13H2,1-2H3/q+1/b14-11-,21-18-,25-10?,26-19+/t15-,16?,22?/m1/s1. The molecule has 4 aliphatic rings. The lowest BCUT2D eigenvalue weighted by Crippen LogP contribution is -2.31. The molecule has 168 valence electrons. The van der Waals surface area contributed by atoms with Gasteiger partial charge in [0.2, 0.25) is 0 Å². The molecule has 0 amide bonds. The Balaban J connectivity index is 1.40. The highest BCUT2D eigenvalue weighted by Gasteiger charge is 2.37. The highest BCUT2D eigenvalue weighted by Crippen LogP contribution is 2.46. The summed E-state index contributed by atoms with van der Waals surface area (Å²) in [5, 5.41) is 16.1. The lowest BCUT2D eigenvalue weighted by atomic mass is 10.0. The van der Waals surface area contributed by atoms with E-state index in [0.717, 1.165) is 63.3 Å². The predicted octanol–water partition coefficient (Wildman–Crippen LogP) is 4.04. The SMILES string of the molecule is C[N+]1(C)N=C(CC/C2=C/N=C(C=N)/C(NC[C@H]3CCOC3)=C3\CC3C2)C=C1OC(F)I. The summed E-state index contributed by atoms with van der Waals surface area (Å²) in [6.07, 6.45) is 9.85. The van der Waals surface area contributed by atoms with E-state index < -0.39 is 4.36 Å². The first-order valence-electron chi connectivity index (χ1n) is 10.8. The average molecular weight is 542 g/mol. The number of fused-ring (bicyclic) bond motifs is 1. The fourth-order valence-corrected chi connectivity index (χ4v) is 4.56. The van der Waals surface area contributed by atoms with Crippen molar-refractivity contribution in [3.8, 4) is 0 Å². The maximum atomic E-state index is 13.3. The lowest BCUT2D eigenvalue weighted by molar-refractivity contribution is -0.872. The molecule has 0 bridgehead atoms. The van der Waals surface area contributed by atoms with E-state index in [1.54, 1.807) is 22.6 Å². The number of allylic oxidation sites excluding steroid dienone is 4. The van der Waals surface area contributed by atoms with Crippen molar-refractivity contribution in [2.24, 2.45) is 21.9 Å². The van der Waals surface area contributed by atoms with Gasteiger partial charge in [-0.05, 0) is 43.6 Å². The molecule has 2 N–H and O–H groups in total. The number of hydrogen-bond acceptors (Lipinski definition) is 6. The molecule has 2 unspecified atom stereocenters. The first-order valence-corrected chi connectivity index (χ1v) is 12.0. The Bertz CT molecular complexity index is 884. The zero-order valence-corrected chi connectivity index (χ0v) is 20.2. The molecule has 9 heteroatoms. The van der Waals surface area contributed by atoms with Gasteiger partial charge in [-0.1, -0.05) is 10.7 Å². The number of halogens is 2. The molecule has 0 radical (unpaired) electrons. The number of quaternary nitrogens is 1. The summed E-state index contributed by atoms with van der Waals surface area (Å²) >= 11 is 1.60. The van der Waals surface area contributed by atoms with Gasteiger partial charge in [0.15, 0.2) is 0 Å². The second-order valence-electron chi connectivity index (χ2n) is 8.91. The number of aliphatic imine (C=N–C) groups is 1. The van der Waals surface area contributed by atoms with Crippen molar-refractivity contribution in [1.29, 1.82) is 5.41 Å². The van der Waals surface area contributed by atoms with Crippen LogP contribution in [0.5, 0.6) is 0 Å². The molecule has 4 rings (SSSR count). The van der Waals surface area contributed by atoms with E-state index in [-0.39, 0.29) is 4.59 Å². The van der Waals surface area contributed by atoms with Crippen molar-refractivity contribution in [3.05, 3.63) is 35.0 Å². The predicted molar refractivity (Wildman–Crippen MR) is 128 cm³/mol. The van der Waals surface area contributed by atoms with E-state index in [1.807, 2.05) is 26.4 Å². The van der Waals surface area contributed by atoms with Crippen LogP contribution in [-0.2, 0) is 9.47 Å². The Hall–Kier alpha value is -1.59. The van der Waals surface area contributed by atoms with E-state index in [4.69, 9.17) is 14.9 Å². The number of rotatable bonds is 9. The summed E-state index contributed by atoms with van der Waals surface area (Å²) in [6.45, 7) is 2.52. The molecule has 2 fully saturated rings. The molecule has 1 saturated carbocycles. The molecule has 3 aliphatic heterocycles. The fraction of sp³-hybridized carbons (Fsp3) is 0.591. The zero-order chi connectivity index (χ0) is 22.0. The second kappa shape index (κ2) is 9.50. The summed E-state index contributed by atoms with van der Waals surface area (Å²) in [6, 6.07) is 0. The molecule has 0 aromatic carbocycles. The Morgan fingerprint density at radius 1 is 1.42 bits per heavy atom. The molecule has 31 heavy (non-hydrogen) atoms. The molecule has 1 aliphatic carbocycles. The third-order valence-corrected chi connectivity index (χ3v) is 6.37. The maximum absolute atomic E-state index is 13.3. The second-order valence-corrected chi connectivity index (χ2v) is 9.89. The van der Waals surface area contributed by atoms with Crippen molar-refractivity contribution >= 4 is 40.2 Å². The van der Waals surface area contributed by atoms with Crippen molar-refractivity contribution in [3.63, 3.8) is 0 Å². The van der Waals surface area contributed by atoms with Crippen LogP contribution >= 0.6 is 22.6 Å². The normalized spacial score (nSPS) is 33.5. The molecule has 0 aromatic rings. The fourth-order valence-electron chi connectivity index (χ4n) is 4.30. The molecule has 3 atom stereocenters. The molecular weight excluding hydrogens is 512 g/mol. The van der Waals surface area contributed by atoms with Crippen LogP contribution in [0.1, 0.15) is 32.1 Å². The van der Waals surface area contributed by atoms with Gasteiger partial charge < -0.3 is 20.2 Å². The van der Waals surface area contributed by atoms with Crippen LogP contribution in [0.4, 0.5) is 4.39 Å². The molecule has 0 aromatic heterocycles. The molecule has 0 spiro atoms. The van der Waals surface area contributed by atoms with Crippen molar-refractivity contribution < 1.29 is 18.5 Å². The van der Waals surface area contributed by atoms with E-state index in [2.05, 4.69) is 15.4 Å². The number of nitrogens with zero attached hydrogens (tertiary/aromatic N) is 3. The van der Waals surface area contributed by atoms with Crippen LogP contribution in [0.3, 0.4) is 0 Å². The van der Waals surface area contributed by atoms with Crippen molar-refractivity contribution in [2.45, 2.75) is 36.5 Å². The summed E-state index contributed by atoms with van der Waals surface area (Å²) in [7, 11) is 3.75. The summed E-state index contributed by atoms with van der Waals surface area (Å²) in [4.78, 5) is 4.64. The molecule has 1 saturated heterocycles. The highest BCUT2D eigenvalue weighted by atomic mass is 127. The van der Waals surface area contributed by atoms with E-state index >= 15 is 0 Å². The first-order chi connectivity index (χ1) is 14.9. The largest absolute Gasteiger partial charge is 0.406 e. The lowest BCUT2D eigenvalue weighted by Gasteiger charge is -2.20. The minimum Gasteiger partial charge on any atom is -0.406 e. The van der Waals surface area contributed by atoms with E-state index in [9.17, 15) is 4.39 Å². The van der Waals surface area contributed by atoms with Gasteiger partial charge in [0.1, 0.15) is 25.5 Å². The van der Waals surface area contributed by atoms with Gasteiger partial charge in [-0.3, -0.25) is 4.99 Å². The number of alkyl halides is 2. The Labute approximate surface area is 196 Å². The van der Waals surface area contributed by atoms with Crippen LogP contribution in [-0.4, -0.2) is 60.4 Å². The van der Waals surface area contributed by atoms with Crippen LogP contribution < -0.4 is 5.32 Å². The smallest absolute Gasteiger partial charge is 0.323 e. The van der Waals surface area contributed by atoms with Gasteiger partial charge in [0.05, 0.1) is 18.4 Å². The Morgan fingerprint density at radius 2 is 2.26 bits per heavy atom. The van der Waals surface area contributed by atoms with Crippen LogP contribution in [0.25, 0.3) is 0 Å². The minimum atomic E-state index is -1.39. The quantitative estimate of drug-likeness (QED) is 0.200. The highest BCUT2D eigenvalue weighted by molar-refractivity contribution is 14.1. The summed E-state index contributed by atoms with van der Waals surface area (Å²) < 4.78 is 22.8. The summed E-state index contributed by atoms with van der Waals surface area (Å²) in [5.74, 6) is 1.58. The monoisotopic (exact) mass is 542 g/mol. The number of hydrogen-bond donors (Lipinski definition) is 2. The van der Waals surface area contributed by atoms with Gasteiger partial charge in [0, 0.05) is 54.1 Å². The average Bonchev–Trinajstić information content (AvgIpc) is 3.11. The molecule has 3 heterocycles. The third kappa shape index (κ3) is 5.61. The molecule has 7 nitrogen and oxygen atoms in total. The Morgan fingerprint density at radius 3 is 2.97 bits per heavy atom. The van der Waals surface area contributed by atoms with E-state index in [1.165, 1.54) is 17.4 Å². The van der Waals surface area contributed by atoms with Crippen LogP contribution in [0.2, 0.25) is 0 Å². The minimum absolute atomic E-state index is 0.171. The molecular formula is C22H30FIN5O2+. The van der Waals surface area contributed by atoms with Crippen molar-refractivity contribution in [1.82, 2.24) is 5.32 Å². The third-order valence-electron chi connectivity index (χ3n) is 6.12. The van der Waals surface area contributed by atoms with E-state index in [0.29, 0.717) is 23.4 Å². The van der Waals surface area contributed by atoms with Gasteiger partial charge in [-0.15, -0.1) is 4.59 Å². The van der Waals surface area contributed by atoms with Crippen LogP contribution in [0, 0.1) is 17.2 Å². The number of nitrogens with one attached hydrogen (secondary N) is 2.